The van der Waals surface area contributed by atoms with Gasteiger partial charge in [0, 0.05) is 17.8 Å². The molecule has 1 aromatic rings. The van der Waals surface area contributed by atoms with Crippen LogP contribution in [0.15, 0.2) is 0 Å². The highest BCUT2D eigenvalue weighted by atomic mass is 32.1. The number of amides is 2. The smallest absolute Gasteiger partial charge is 0.410 e. The van der Waals surface area contributed by atoms with E-state index in [-0.39, 0.29) is 12.0 Å². The summed E-state index contributed by atoms with van der Waals surface area (Å²) in [4.78, 5) is 27.0. The maximum absolute atomic E-state index is 12.4. The third-order valence-corrected chi connectivity index (χ3v) is 6.28. The molecule has 140 valence electrons. The molecule has 0 atom stereocenters. The lowest BCUT2D eigenvalue weighted by molar-refractivity contribution is -0.117. The number of hydrogen-bond donors (Lipinski definition) is 1. The summed E-state index contributed by atoms with van der Waals surface area (Å²) in [6.07, 6.45) is 6.74. The normalized spacial score (nSPS) is 17.3. The van der Waals surface area contributed by atoms with Gasteiger partial charge in [-0.3, -0.25) is 4.79 Å². The van der Waals surface area contributed by atoms with Gasteiger partial charge in [-0.05, 0) is 37.7 Å². The van der Waals surface area contributed by atoms with Crippen LogP contribution in [0.5, 0.6) is 0 Å². The Bertz CT molecular complexity index is 716. The summed E-state index contributed by atoms with van der Waals surface area (Å²) < 4.78 is 5.07. The van der Waals surface area contributed by atoms with E-state index in [0.29, 0.717) is 49.0 Å². The second-order valence-electron chi connectivity index (χ2n) is 6.95. The van der Waals surface area contributed by atoms with Crippen LogP contribution in [0.25, 0.3) is 0 Å². The largest absolute Gasteiger partial charge is 0.450 e. The first-order valence-corrected chi connectivity index (χ1v) is 10.2. The molecule has 26 heavy (non-hydrogen) atoms. The maximum Gasteiger partial charge on any atom is 0.410 e. The molecule has 0 unspecified atom stereocenters. The number of nitrogens with zero attached hydrogens (tertiary/aromatic N) is 2. The number of carbonyl (C=O) groups excluding carboxylic acids is 2. The fraction of sp³-hybridized carbons (Fsp3) is 0.632. The van der Waals surface area contributed by atoms with Crippen molar-refractivity contribution in [2.24, 2.45) is 5.92 Å². The van der Waals surface area contributed by atoms with E-state index >= 15 is 0 Å². The van der Waals surface area contributed by atoms with E-state index in [1.54, 1.807) is 11.8 Å². The van der Waals surface area contributed by atoms with Gasteiger partial charge in [0.1, 0.15) is 11.1 Å². The van der Waals surface area contributed by atoms with E-state index < -0.39 is 0 Å². The Morgan fingerprint density at radius 2 is 2.12 bits per heavy atom. The highest BCUT2D eigenvalue weighted by molar-refractivity contribution is 7.16. The maximum atomic E-state index is 12.4. The molecule has 1 aliphatic carbocycles. The molecule has 2 aliphatic rings. The molecule has 1 aliphatic heterocycles. The third-order valence-electron chi connectivity index (χ3n) is 5.15. The summed E-state index contributed by atoms with van der Waals surface area (Å²) in [6.45, 7) is 3.10. The van der Waals surface area contributed by atoms with E-state index in [1.165, 1.54) is 30.6 Å². The van der Waals surface area contributed by atoms with E-state index in [1.807, 2.05) is 0 Å². The van der Waals surface area contributed by atoms with Crippen molar-refractivity contribution >= 4 is 28.3 Å². The first-order chi connectivity index (χ1) is 12.6. The van der Waals surface area contributed by atoms with Crippen LogP contribution in [0.4, 0.5) is 9.80 Å². The van der Waals surface area contributed by atoms with Gasteiger partial charge in [-0.2, -0.15) is 5.26 Å². The Kier molecular flexibility index (Phi) is 6.15. The number of carbonyl (C=O) groups is 2. The molecule has 0 radical (unpaired) electrons. The van der Waals surface area contributed by atoms with Gasteiger partial charge in [-0.15, -0.1) is 11.3 Å². The monoisotopic (exact) mass is 375 g/mol. The van der Waals surface area contributed by atoms with Gasteiger partial charge in [0.15, 0.2) is 0 Å². The number of hydrogen-bond acceptors (Lipinski definition) is 5. The number of thiophene rings is 1. The quantitative estimate of drug-likeness (QED) is 0.861. The molecular formula is C19H25N3O3S. The fourth-order valence-corrected chi connectivity index (χ4v) is 5.04. The Morgan fingerprint density at radius 3 is 2.81 bits per heavy atom. The van der Waals surface area contributed by atoms with Gasteiger partial charge < -0.3 is 15.0 Å². The first kappa shape index (κ1) is 18.7. The summed E-state index contributed by atoms with van der Waals surface area (Å²) in [5.41, 5.74) is 1.52. The zero-order valence-electron chi connectivity index (χ0n) is 15.2. The van der Waals surface area contributed by atoms with Crippen LogP contribution >= 0.6 is 11.3 Å². The summed E-state index contributed by atoms with van der Waals surface area (Å²) >= 11 is 1.41. The summed E-state index contributed by atoms with van der Waals surface area (Å²) in [7, 11) is 0. The highest BCUT2D eigenvalue weighted by Crippen LogP contribution is 2.37. The van der Waals surface area contributed by atoms with Crippen molar-refractivity contribution in [2.75, 3.05) is 18.5 Å². The Morgan fingerprint density at radius 1 is 1.35 bits per heavy atom. The fourth-order valence-electron chi connectivity index (χ4n) is 3.81. The van der Waals surface area contributed by atoms with Crippen molar-refractivity contribution in [1.29, 1.82) is 5.26 Å². The summed E-state index contributed by atoms with van der Waals surface area (Å²) in [5, 5.41) is 13.1. The van der Waals surface area contributed by atoms with Crippen LogP contribution in [0, 0.1) is 17.2 Å². The minimum Gasteiger partial charge on any atom is -0.450 e. The average molecular weight is 375 g/mol. The third kappa shape index (κ3) is 4.18. The lowest BCUT2D eigenvalue weighted by atomic mass is 9.87. The molecule has 1 fully saturated rings. The van der Waals surface area contributed by atoms with Crippen LogP contribution in [-0.4, -0.2) is 30.1 Å². The average Bonchev–Trinajstić information content (AvgIpc) is 2.98. The lowest BCUT2D eigenvalue weighted by Crippen LogP contribution is -2.35. The number of nitriles is 1. The topological polar surface area (TPSA) is 82.4 Å². The number of ether oxygens (including phenoxy) is 1. The molecule has 2 amide bonds. The SMILES string of the molecule is CCOC(=O)N1CCc2c(sc(NC(=O)CC3CCCCC3)c2C#N)C1. The van der Waals surface area contributed by atoms with Gasteiger partial charge in [0.2, 0.25) is 5.91 Å². The van der Waals surface area contributed by atoms with Crippen molar-refractivity contribution in [3.8, 4) is 6.07 Å². The highest BCUT2D eigenvalue weighted by Gasteiger charge is 2.28. The van der Waals surface area contributed by atoms with E-state index in [9.17, 15) is 14.9 Å². The van der Waals surface area contributed by atoms with Crippen LogP contribution in [0.3, 0.4) is 0 Å². The summed E-state index contributed by atoms with van der Waals surface area (Å²) in [6, 6.07) is 2.24. The number of fused-ring (bicyclic) bond motifs is 1. The minimum atomic E-state index is -0.326. The van der Waals surface area contributed by atoms with E-state index in [0.717, 1.165) is 23.3 Å². The van der Waals surface area contributed by atoms with Crippen molar-refractivity contribution in [3.05, 3.63) is 16.0 Å². The van der Waals surface area contributed by atoms with Crippen LogP contribution in [0.2, 0.25) is 0 Å². The second-order valence-corrected chi connectivity index (χ2v) is 8.05. The molecule has 0 saturated heterocycles. The van der Waals surface area contributed by atoms with Crippen molar-refractivity contribution in [3.63, 3.8) is 0 Å². The molecule has 0 bridgehead atoms. The predicted octanol–water partition coefficient (Wildman–Crippen LogP) is 4.04. The molecule has 2 heterocycles. The molecule has 7 heteroatoms. The van der Waals surface area contributed by atoms with Crippen LogP contribution in [-0.2, 0) is 22.5 Å². The Hall–Kier alpha value is -2.07. The first-order valence-electron chi connectivity index (χ1n) is 9.38. The van der Waals surface area contributed by atoms with Gasteiger partial charge in [-0.1, -0.05) is 19.3 Å². The molecule has 0 spiro atoms. The lowest BCUT2D eigenvalue weighted by Gasteiger charge is -2.25. The van der Waals surface area contributed by atoms with Gasteiger partial charge in [0.25, 0.3) is 0 Å². The molecule has 1 N–H and O–H groups in total. The van der Waals surface area contributed by atoms with E-state index in [4.69, 9.17) is 4.74 Å². The number of rotatable bonds is 4. The van der Waals surface area contributed by atoms with Gasteiger partial charge in [-0.25, -0.2) is 4.79 Å². The Labute approximate surface area is 158 Å². The van der Waals surface area contributed by atoms with Crippen molar-refractivity contribution in [1.82, 2.24) is 4.90 Å². The van der Waals surface area contributed by atoms with Crippen LogP contribution in [0.1, 0.15) is 61.5 Å². The van der Waals surface area contributed by atoms with Gasteiger partial charge >= 0.3 is 6.09 Å². The molecular weight excluding hydrogens is 350 g/mol. The van der Waals surface area contributed by atoms with Crippen molar-refractivity contribution in [2.45, 2.75) is 58.4 Å². The summed E-state index contributed by atoms with van der Waals surface area (Å²) in [5.74, 6) is 0.456. The Balaban J connectivity index is 1.68. The molecule has 0 aromatic carbocycles. The standard InChI is InChI=1S/C19H25N3O3S/c1-2-25-19(24)22-9-8-14-15(11-20)18(26-16(14)12-22)21-17(23)10-13-6-4-3-5-7-13/h13H,2-10,12H2,1H3,(H,21,23). The molecule has 6 nitrogen and oxygen atoms in total. The second kappa shape index (κ2) is 8.54. The minimum absolute atomic E-state index is 0.00533. The van der Waals surface area contributed by atoms with Crippen LogP contribution < -0.4 is 5.32 Å². The number of anilines is 1. The van der Waals surface area contributed by atoms with E-state index in [2.05, 4.69) is 11.4 Å². The van der Waals surface area contributed by atoms with Crippen molar-refractivity contribution < 1.29 is 14.3 Å². The molecule has 1 saturated carbocycles. The molecule has 1 aromatic heterocycles. The zero-order chi connectivity index (χ0) is 18.5. The van der Waals surface area contributed by atoms with Gasteiger partial charge in [0.05, 0.1) is 18.7 Å². The predicted molar refractivity (Wildman–Crippen MR) is 100.0 cm³/mol. The number of nitrogens with one attached hydrogen (secondary N) is 1. The zero-order valence-corrected chi connectivity index (χ0v) is 16.0. The molecule has 3 rings (SSSR count).